The highest BCUT2D eigenvalue weighted by atomic mass is 16.5. The molecule has 4 nitrogen and oxygen atoms in total. The maximum Gasteiger partial charge on any atom is 0.0931 e. The molecule has 0 rings (SSSR count). The highest BCUT2D eigenvalue weighted by Crippen LogP contribution is 1.89. The second-order valence-electron chi connectivity index (χ2n) is 2.18. The van der Waals surface area contributed by atoms with Crippen LogP contribution in [0.5, 0.6) is 0 Å². The Morgan fingerprint density at radius 3 is 2.36 bits per heavy atom. The lowest BCUT2D eigenvalue weighted by Gasteiger charge is -2.13. The zero-order chi connectivity index (χ0) is 8.53. The summed E-state index contributed by atoms with van der Waals surface area (Å²) in [5, 5.41) is 0. The summed E-state index contributed by atoms with van der Waals surface area (Å²) in [6, 6.07) is 0. The van der Waals surface area contributed by atoms with Crippen LogP contribution in [0.15, 0.2) is 0 Å². The largest absolute Gasteiger partial charge is 0.382 e. The van der Waals surface area contributed by atoms with E-state index in [2.05, 4.69) is 0 Å². The van der Waals surface area contributed by atoms with E-state index < -0.39 is 0 Å². The average Bonchev–Trinajstić information content (AvgIpc) is 2.03. The molecule has 0 amide bonds. The van der Waals surface area contributed by atoms with E-state index >= 15 is 0 Å². The number of hydrogen-bond acceptors (Lipinski definition) is 4. The average molecular weight is 163 g/mol. The van der Waals surface area contributed by atoms with Gasteiger partial charge in [0.1, 0.15) is 0 Å². The summed E-state index contributed by atoms with van der Waals surface area (Å²) in [4.78, 5) is 0. The van der Waals surface area contributed by atoms with Crippen LogP contribution in [-0.4, -0.2) is 46.7 Å². The Kier molecular flexibility index (Phi) is 7.83. The van der Waals surface area contributed by atoms with Crippen molar-refractivity contribution >= 4 is 0 Å². The minimum Gasteiger partial charge on any atom is -0.382 e. The quantitative estimate of drug-likeness (QED) is 0.520. The molecule has 1 unspecified atom stereocenters. The summed E-state index contributed by atoms with van der Waals surface area (Å²) in [7, 11) is 3.26. The topological polar surface area (TPSA) is 53.7 Å². The van der Waals surface area contributed by atoms with E-state index in [-0.39, 0.29) is 6.10 Å². The molecule has 0 aromatic heterocycles. The van der Waals surface area contributed by atoms with Crippen molar-refractivity contribution in [2.45, 2.75) is 6.10 Å². The van der Waals surface area contributed by atoms with E-state index in [4.69, 9.17) is 19.9 Å². The Balaban J connectivity index is 3.20. The first-order valence-corrected chi connectivity index (χ1v) is 3.64. The molecule has 0 radical (unpaired) electrons. The number of ether oxygens (including phenoxy) is 3. The number of nitrogens with two attached hydrogens (primary N) is 1. The lowest BCUT2D eigenvalue weighted by Crippen LogP contribution is -2.29. The first kappa shape index (κ1) is 10.8. The predicted octanol–water partition coefficient (Wildman–Crippen LogP) is -0.377. The molecule has 0 aromatic carbocycles. The zero-order valence-corrected chi connectivity index (χ0v) is 7.21. The Hall–Kier alpha value is -0.160. The fourth-order valence-electron chi connectivity index (χ4n) is 0.668. The van der Waals surface area contributed by atoms with Gasteiger partial charge in [0, 0.05) is 20.8 Å². The Labute approximate surface area is 67.6 Å². The molecule has 0 saturated carbocycles. The standard InChI is InChI=1S/C7H17NO3/c1-9-3-4-11-7(5-8)6-10-2/h7H,3-6,8H2,1-2H3. The van der Waals surface area contributed by atoms with Crippen LogP contribution in [0.3, 0.4) is 0 Å². The van der Waals surface area contributed by atoms with Gasteiger partial charge >= 0.3 is 0 Å². The molecule has 0 saturated heterocycles. The summed E-state index contributed by atoms with van der Waals surface area (Å²) in [5.74, 6) is 0. The molecule has 0 aliphatic carbocycles. The van der Waals surface area contributed by atoms with Crippen molar-refractivity contribution in [3.63, 3.8) is 0 Å². The van der Waals surface area contributed by atoms with Crippen LogP contribution >= 0.6 is 0 Å². The van der Waals surface area contributed by atoms with E-state index in [1.54, 1.807) is 14.2 Å². The Bertz CT molecular complexity index is 80.1. The molecule has 4 heteroatoms. The van der Waals surface area contributed by atoms with Crippen LogP contribution in [-0.2, 0) is 14.2 Å². The third kappa shape index (κ3) is 6.25. The summed E-state index contributed by atoms with van der Waals surface area (Å²) in [5.41, 5.74) is 5.40. The van der Waals surface area contributed by atoms with Crippen LogP contribution in [0.1, 0.15) is 0 Å². The summed E-state index contributed by atoms with van der Waals surface area (Å²) >= 11 is 0. The first-order chi connectivity index (χ1) is 5.35. The second kappa shape index (κ2) is 7.94. The van der Waals surface area contributed by atoms with Gasteiger partial charge in [0.05, 0.1) is 25.9 Å². The first-order valence-electron chi connectivity index (χ1n) is 3.64. The Morgan fingerprint density at radius 1 is 1.18 bits per heavy atom. The van der Waals surface area contributed by atoms with Crippen molar-refractivity contribution in [3.05, 3.63) is 0 Å². The van der Waals surface area contributed by atoms with Crippen LogP contribution in [0.4, 0.5) is 0 Å². The molecule has 68 valence electrons. The van der Waals surface area contributed by atoms with E-state index in [9.17, 15) is 0 Å². The van der Waals surface area contributed by atoms with Gasteiger partial charge in [0.25, 0.3) is 0 Å². The van der Waals surface area contributed by atoms with Crippen molar-refractivity contribution in [2.75, 3.05) is 40.6 Å². The van der Waals surface area contributed by atoms with Gasteiger partial charge in [0.15, 0.2) is 0 Å². The predicted molar refractivity (Wildman–Crippen MR) is 42.5 cm³/mol. The molecule has 11 heavy (non-hydrogen) atoms. The summed E-state index contributed by atoms with van der Waals surface area (Å²) in [6.45, 7) is 2.19. The fraction of sp³-hybridized carbons (Fsp3) is 1.00. The Morgan fingerprint density at radius 2 is 1.91 bits per heavy atom. The monoisotopic (exact) mass is 163 g/mol. The van der Waals surface area contributed by atoms with Gasteiger partial charge < -0.3 is 19.9 Å². The highest BCUT2D eigenvalue weighted by Gasteiger charge is 2.04. The van der Waals surface area contributed by atoms with Gasteiger partial charge in [-0.3, -0.25) is 0 Å². The summed E-state index contributed by atoms with van der Waals surface area (Å²) in [6.07, 6.45) is -0.00449. The summed E-state index contributed by atoms with van der Waals surface area (Å²) < 4.78 is 15.0. The smallest absolute Gasteiger partial charge is 0.0931 e. The SMILES string of the molecule is COCCOC(CN)COC. The molecule has 0 aliphatic heterocycles. The third-order valence-electron chi connectivity index (χ3n) is 1.26. The molecule has 0 heterocycles. The molecule has 0 spiro atoms. The third-order valence-corrected chi connectivity index (χ3v) is 1.26. The van der Waals surface area contributed by atoms with Crippen molar-refractivity contribution in [1.29, 1.82) is 0 Å². The van der Waals surface area contributed by atoms with Crippen LogP contribution in [0.2, 0.25) is 0 Å². The molecule has 1 atom stereocenters. The minimum atomic E-state index is -0.00449. The lowest BCUT2D eigenvalue weighted by atomic mass is 10.4. The molecular weight excluding hydrogens is 146 g/mol. The van der Waals surface area contributed by atoms with Crippen LogP contribution < -0.4 is 5.73 Å². The van der Waals surface area contributed by atoms with E-state index in [1.165, 1.54) is 0 Å². The molecule has 0 fully saturated rings. The molecular formula is C7H17NO3. The van der Waals surface area contributed by atoms with Crippen LogP contribution in [0, 0.1) is 0 Å². The molecule has 0 aliphatic rings. The van der Waals surface area contributed by atoms with E-state index in [0.29, 0.717) is 26.4 Å². The van der Waals surface area contributed by atoms with Crippen LogP contribution in [0.25, 0.3) is 0 Å². The van der Waals surface area contributed by atoms with Gasteiger partial charge in [-0.1, -0.05) is 0 Å². The van der Waals surface area contributed by atoms with Gasteiger partial charge in [-0.15, -0.1) is 0 Å². The second-order valence-corrected chi connectivity index (χ2v) is 2.18. The maximum absolute atomic E-state index is 5.40. The number of rotatable bonds is 7. The van der Waals surface area contributed by atoms with Crippen molar-refractivity contribution in [1.82, 2.24) is 0 Å². The molecule has 2 N–H and O–H groups in total. The number of hydrogen-bond donors (Lipinski definition) is 1. The van der Waals surface area contributed by atoms with E-state index in [1.807, 2.05) is 0 Å². The zero-order valence-electron chi connectivity index (χ0n) is 7.21. The maximum atomic E-state index is 5.40. The van der Waals surface area contributed by atoms with Gasteiger partial charge in [-0.25, -0.2) is 0 Å². The highest BCUT2D eigenvalue weighted by molar-refractivity contribution is 4.55. The van der Waals surface area contributed by atoms with Crippen molar-refractivity contribution in [3.8, 4) is 0 Å². The van der Waals surface area contributed by atoms with Gasteiger partial charge in [-0.2, -0.15) is 0 Å². The van der Waals surface area contributed by atoms with Gasteiger partial charge in [0.2, 0.25) is 0 Å². The number of methoxy groups -OCH3 is 2. The minimum absolute atomic E-state index is 0.00449. The van der Waals surface area contributed by atoms with E-state index in [0.717, 1.165) is 0 Å². The molecule has 0 bridgehead atoms. The molecule has 0 aromatic rings. The normalized spacial score (nSPS) is 13.4. The van der Waals surface area contributed by atoms with Gasteiger partial charge in [-0.05, 0) is 0 Å². The lowest BCUT2D eigenvalue weighted by molar-refractivity contribution is -0.0167. The van der Waals surface area contributed by atoms with Crippen molar-refractivity contribution in [2.24, 2.45) is 5.73 Å². The fourth-order valence-corrected chi connectivity index (χ4v) is 0.668. The van der Waals surface area contributed by atoms with Crippen molar-refractivity contribution < 1.29 is 14.2 Å².